The summed E-state index contributed by atoms with van der Waals surface area (Å²) in [7, 11) is 1.68. The maximum atomic E-state index is 11.2. The molecule has 1 aliphatic rings. The molecule has 1 fully saturated rings. The molecule has 1 amide bonds. The number of likely N-dealkylation sites (N-methyl/N-ethyl adjacent to an activating group) is 2. The molecule has 0 bridgehead atoms. The van der Waals surface area contributed by atoms with Gasteiger partial charge in [0.2, 0.25) is 5.91 Å². The fraction of sp³-hybridized carbons (Fsp3) is 0.900. The Labute approximate surface area is 86.0 Å². The molecule has 14 heavy (non-hydrogen) atoms. The Morgan fingerprint density at radius 2 is 2.43 bits per heavy atom. The normalized spacial score (nSPS) is 21.5. The van der Waals surface area contributed by atoms with E-state index >= 15 is 0 Å². The van der Waals surface area contributed by atoms with Gasteiger partial charge in [0.25, 0.3) is 0 Å². The highest BCUT2D eigenvalue weighted by Crippen LogP contribution is 2.06. The van der Waals surface area contributed by atoms with Crippen LogP contribution in [0.5, 0.6) is 0 Å². The summed E-state index contributed by atoms with van der Waals surface area (Å²) < 4.78 is 0. The van der Waals surface area contributed by atoms with Gasteiger partial charge in [0, 0.05) is 19.6 Å². The molecule has 0 aliphatic carbocycles. The van der Waals surface area contributed by atoms with Crippen LogP contribution in [0.3, 0.4) is 0 Å². The Morgan fingerprint density at radius 1 is 1.64 bits per heavy atom. The summed E-state index contributed by atoms with van der Waals surface area (Å²) in [6, 6.07) is 0.583. The first-order valence-electron chi connectivity index (χ1n) is 5.42. The number of carbonyl (C=O) groups is 1. The molecule has 1 saturated heterocycles. The minimum absolute atomic E-state index is 0.102. The molecule has 1 heterocycles. The molecule has 82 valence electrons. The molecule has 1 aliphatic heterocycles. The summed E-state index contributed by atoms with van der Waals surface area (Å²) in [5.41, 5.74) is 0. The van der Waals surface area contributed by atoms with E-state index in [2.05, 4.69) is 22.5 Å². The van der Waals surface area contributed by atoms with Gasteiger partial charge in [-0.15, -0.1) is 0 Å². The van der Waals surface area contributed by atoms with Crippen molar-refractivity contribution >= 4 is 5.91 Å². The minimum Gasteiger partial charge on any atom is -0.358 e. The van der Waals surface area contributed by atoms with E-state index in [4.69, 9.17) is 0 Å². The third-order valence-electron chi connectivity index (χ3n) is 2.73. The highest BCUT2D eigenvalue weighted by atomic mass is 16.1. The van der Waals surface area contributed by atoms with Gasteiger partial charge >= 0.3 is 0 Å². The number of rotatable bonds is 5. The number of hydrogen-bond donors (Lipinski definition) is 2. The molecule has 4 nitrogen and oxygen atoms in total. The summed E-state index contributed by atoms with van der Waals surface area (Å²) in [6.07, 6.45) is 2.51. The zero-order valence-corrected chi connectivity index (χ0v) is 9.18. The van der Waals surface area contributed by atoms with Crippen LogP contribution in [0.25, 0.3) is 0 Å². The van der Waals surface area contributed by atoms with E-state index in [1.165, 1.54) is 12.8 Å². The monoisotopic (exact) mass is 199 g/mol. The summed E-state index contributed by atoms with van der Waals surface area (Å²) in [5.74, 6) is 0.102. The number of carbonyl (C=O) groups excluding carboxylic acids is 1. The molecule has 4 heteroatoms. The van der Waals surface area contributed by atoms with Gasteiger partial charge in [0.05, 0.1) is 6.54 Å². The standard InChI is InChI=1S/C10H21N3O/c1-3-13(8-10(14)11-2)7-9-5-4-6-12-9/h9,12H,3-8H2,1-2H3,(H,11,14)/t9-/m1/s1. The van der Waals surface area contributed by atoms with E-state index in [0.29, 0.717) is 12.6 Å². The molecule has 0 aromatic heterocycles. The van der Waals surface area contributed by atoms with Gasteiger partial charge in [-0.2, -0.15) is 0 Å². The highest BCUT2D eigenvalue weighted by molar-refractivity contribution is 5.77. The second kappa shape index (κ2) is 5.98. The Morgan fingerprint density at radius 3 is 2.93 bits per heavy atom. The van der Waals surface area contributed by atoms with Gasteiger partial charge in [0.1, 0.15) is 0 Å². The molecule has 1 atom stereocenters. The zero-order valence-electron chi connectivity index (χ0n) is 9.18. The molecular weight excluding hydrogens is 178 g/mol. The second-order valence-corrected chi connectivity index (χ2v) is 3.79. The second-order valence-electron chi connectivity index (χ2n) is 3.79. The third kappa shape index (κ3) is 3.64. The Hall–Kier alpha value is -0.610. The van der Waals surface area contributed by atoms with E-state index < -0.39 is 0 Å². The lowest BCUT2D eigenvalue weighted by Crippen LogP contribution is -2.42. The van der Waals surface area contributed by atoms with E-state index in [1.54, 1.807) is 7.05 Å². The third-order valence-corrected chi connectivity index (χ3v) is 2.73. The van der Waals surface area contributed by atoms with Crippen molar-refractivity contribution in [3.8, 4) is 0 Å². The average Bonchev–Trinajstić information content (AvgIpc) is 2.69. The van der Waals surface area contributed by atoms with Crippen LogP contribution in [0.2, 0.25) is 0 Å². The molecule has 0 saturated carbocycles. The molecule has 1 rings (SSSR count). The van der Waals surface area contributed by atoms with Gasteiger partial charge in [-0.05, 0) is 25.9 Å². The molecule has 0 spiro atoms. The van der Waals surface area contributed by atoms with Crippen molar-refractivity contribution in [2.75, 3.05) is 33.2 Å². The first-order valence-corrected chi connectivity index (χ1v) is 5.42. The van der Waals surface area contributed by atoms with Crippen molar-refractivity contribution in [2.45, 2.75) is 25.8 Å². The molecule has 0 aromatic rings. The van der Waals surface area contributed by atoms with Gasteiger partial charge in [-0.3, -0.25) is 9.69 Å². The van der Waals surface area contributed by atoms with E-state index in [9.17, 15) is 4.79 Å². The molecule has 0 unspecified atom stereocenters. The Bertz CT molecular complexity index is 178. The fourth-order valence-electron chi connectivity index (χ4n) is 1.81. The van der Waals surface area contributed by atoms with Crippen molar-refractivity contribution in [3.63, 3.8) is 0 Å². The van der Waals surface area contributed by atoms with Crippen LogP contribution in [0.4, 0.5) is 0 Å². The van der Waals surface area contributed by atoms with Crippen LogP contribution in [-0.4, -0.2) is 50.1 Å². The SMILES string of the molecule is CCN(CC(=O)NC)C[C@H]1CCCN1. The summed E-state index contributed by atoms with van der Waals surface area (Å²) in [5, 5.41) is 6.09. The lowest BCUT2D eigenvalue weighted by Gasteiger charge is -2.23. The van der Waals surface area contributed by atoms with Crippen molar-refractivity contribution < 1.29 is 4.79 Å². The quantitative estimate of drug-likeness (QED) is 0.645. The number of nitrogens with one attached hydrogen (secondary N) is 2. The van der Waals surface area contributed by atoms with Crippen LogP contribution in [0.15, 0.2) is 0 Å². The minimum atomic E-state index is 0.102. The number of hydrogen-bond acceptors (Lipinski definition) is 3. The van der Waals surface area contributed by atoms with Crippen LogP contribution in [0.1, 0.15) is 19.8 Å². The average molecular weight is 199 g/mol. The summed E-state index contributed by atoms with van der Waals surface area (Å²) in [6.45, 7) is 5.67. The largest absolute Gasteiger partial charge is 0.358 e. The Kier molecular flexibility index (Phi) is 4.90. The number of amides is 1. The Balaban J connectivity index is 2.26. The van der Waals surface area contributed by atoms with Crippen molar-refractivity contribution in [2.24, 2.45) is 0 Å². The van der Waals surface area contributed by atoms with E-state index in [0.717, 1.165) is 19.6 Å². The zero-order chi connectivity index (χ0) is 10.4. The van der Waals surface area contributed by atoms with Crippen molar-refractivity contribution in [3.05, 3.63) is 0 Å². The first-order chi connectivity index (χ1) is 6.76. The predicted octanol–water partition coefficient (Wildman–Crippen LogP) is -0.194. The maximum absolute atomic E-state index is 11.2. The predicted molar refractivity (Wildman–Crippen MR) is 57.2 cm³/mol. The van der Waals surface area contributed by atoms with E-state index in [1.807, 2.05) is 0 Å². The van der Waals surface area contributed by atoms with Gasteiger partial charge in [0.15, 0.2) is 0 Å². The summed E-state index contributed by atoms with van der Waals surface area (Å²) >= 11 is 0. The molecule has 0 aromatic carbocycles. The smallest absolute Gasteiger partial charge is 0.233 e. The summed E-state index contributed by atoms with van der Waals surface area (Å²) in [4.78, 5) is 13.4. The lowest BCUT2D eigenvalue weighted by molar-refractivity contribution is -0.121. The molecule has 0 radical (unpaired) electrons. The maximum Gasteiger partial charge on any atom is 0.233 e. The topological polar surface area (TPSA) is 44.4 Å². The van der Waals surface area contributed by atoms with Gasteiger partial charge in [-0.25, -0.2) is 0 Å². The van der Waals surface area contributed by atoms with Crippen LogP contribution in [-0.2, 0) is 4.79 Å². The molecular formula is C10H21N3O. The van der Waals surface area contributed by atoms with Crippen molar-refractivity contribution in [1.29, 1.82) is 0 Å². The fourth-order valence-corrected chi connectivity index (χ4v) is 1.81. The van der Waals surface area contributed by atoms with Gasteiger partial charge < -0.3 is 10.6 Å². The van der Waals surface area contributed by atoms with Gasteiger partial charge in [-0.1, -0.05) is 6.92 Å². The van der Waals surface area contributed by atoms with Crippen LogP contribution in [0, 0.1) is 0 Å². The highest BCUT2D eigenvalue weighted by Gasteiger charge is 2.17. The van der Waals surface area contributed by atoms with E-state index in [-0.39, 0.29) is 5.91 Å². The molecule has 2 N–H and O–H groups in total. The number of nitrogens with zero attached hydrogens (tertiary/aromatic N) is 1. The van der Waals surface area contributed by atoms with Crippen LogP contribution < -0.4 is 10.6 Å². The van der Waals surface area contributed by atoms with Crippen molar-refractivity contribution in [1.82, 2.24) is 15.5 Å². The lowest BCUT2D eigenvalue weighted by atomic mass is 10.2. The first kappa shape index (κ1) is 11.5. The van der Waals surface area contributed by atoms with Crippen LogP contribution >= 0.6 is 0 Å².